The Morgan fingerprint density at radius 3 is 1.86 bits per heavy atom. The molecule has 0 aliphatic carbocycles. The number of nitrogens with zero attached hydrogens (tertiary/aromatic N) is 4. The van der Waals surface area contributed by atoms with Crippen LogP contribution in [0.15, 0.2) is 186 Å². The number of aromatic nitrogens is 4. The quantitative estimate of drug-likeness (QED) is 0.176. The fraction of sp³-hybridized carbons (Fsp3) is 0. The molecule has 266 valence electrons. The lowest BCUT2D eigenvalue weighted by atomic mass is 10.0. The van der Waals surface area contributed by atoms with Crippen LogP contribution in [0.4, 0.5) is 0 Å². The molecule has 0 radical (unpaired) electrons. The maximum Gasteiger partial charge on any atom is 0.167 e. The van der Waals surface area contributed by atoms with Gasteiger partial charge in [0.2, 0.25) is 0 Å². The number of fused-ring (bicyclic) bond motifs is 10. The van der Waals surface area contributed by atoms with Crippen molar-refractivity contribution in [2.24, 2.45) is 0 Å². The van der Waals surface area contributed by atoms with Crippen molar-refractivity contribution in [3.8, 4) is 51.0 Å². The van der Waals surface area contributed by atoms with E-state index in [2.05, 4.69) is 156 Å². The molecule has 5 nitrogen and oxygen atoms in total. The van der Waals surface area contributed by atoms with E-state index < -0.39 is 0 Å². The molecular weight excluding hydrogens is 717 g/mol. The Morgan fingerprint density at radius 1 is 0.421 bits per heavy atom. The number of thiophene rings is 1. The molecule has 4 heterocycles. The maximum absolute atomic E-state index is 6.88. The van der Waals surface area contributed by atoms with Crippen LogP contribution in [0, 0.1) is 0 Å². The lowest BCUT2D eigenvalue weighted by molar-refractivity contribution is 0.669. The molecule has 0 saturated carbocycles. The van der Waals surface area contributed by atoms with Gasteiger partial charge in [0.1, 0.15) is 11.2 Å². The fourth-order valence-electron chi connectivity index (χ4n) is 8.42. The van der Waals surface area contributed by atoms with E-state index in [1.54, 1.807) is 11.3 Å². The van der Waals surface area contributed by atoms with Crippen molar-refractivity contribution in [2.75, 3.05) is 0 Å². The first-order valence-electron chi connectivity index (χ1n) is 19.0. The molecule has 0 fully saturated rings. The third kappa shape index (κ3) is 5.04. The number of hydrogen-bond donors (Lipinski definition) is 0. The van der Waals surface area contributed by atoms with Crippen LogP contribution in [0.1, 0.15) is 0 Å². The molecular formula is C51H30N4OS. The van der Waals surface area contributed by atoms with E-state index in [0.29, 0.717) is 17.5 Å². The summed E-state index contributed by atoms with van der Waals surface area (Å²) in [6.45, 7) is 0. The fourth-order valence-corrected chi connectivity index (χ4v) is 9.57. The van der Waals surface area contributed by atoms with E-state index in [-0.39, 0.29) is 0 Å². The molecule has 0 aliphatic heterocycles. The lowest BCUT2D eigenvalue weighted by Gasteiger charge is -2.10. The van der Waals surface area contributed by atoms with Gasteiger partial charge in [0.15, 0.2) is 17.5 Å². The van der Waals surface area contributed by atoms with Crippen LogP contribution in [0.5, 0.6) is 0 Å². The van der Waals surface area contributed by atoms with Crippen molar-refractivity contribution < 1.29 is 4.42 Å². The molecule has 57 heavy (non-hydrogen) atoms. The lowest BCUT2D eigenvalue weighted by Crippen LogP contribution is -2.00. The van der Waals surface area contributed by atoms with Gasteiger partial charge in [0.25, 0.3) is 0 Å². The van der Waals surface area contributed by atoms with Gasteiger partial charge in [-0.1, -0.05) is 133 Å². The molecule has 8 aromatic carbocycles. The zero-order valence-corrected chi connectivity index (χ0v) is 31.2. The van der Waals surface area contributed by atoms with Crippen LogP contribution in [0.3, 0.4) is 0 Å². The number of furan rings is 1. The van der Waals surface area contributed by atoms with Crippen LogP contribution in [0.2, 0.25) is 0 Å². The molecule has 0 atom stereocenters. The Balaban J connectivity index is 1.08. The van der Waals surface area contributed by atoms with Crippen LogP contribution < -0.4 is 0 Å². The summed E-state index contributed by atoms with van der Waals surface area (Å²) < 4.78 is 11.7. The van der Waals surface area contributed by atoms with Crippen molar-refractivity contribution in [1.29, 1.82) is 0 Å². The summed E-state index contributed by atoms with van der Waals surface area (Å²) >= 11 is 1.79. The molecule has 0 spiro atoms. The summed E-state index contributed by atoms with van der Waals surface area (Å²) in [7, 11) is 0. The minimum Gasteiger partial charge on any atom is -0.455 e. The highest BCUT2D eigenvalue weighted by Gasteiger charge is 2.22. The van der Waals surface area contributed by atoms with Crippen molar-refractivity contribution in [3.63, 3.8) is 0 Å². The second-order valence-corrected chi connectivity index (χ2v) is 15.4. The van der Waals surface area contributed by atoms with Crippen LogP contribution >= 0.6 is 11.3 Å². The van der Waals surface area contributed by atoms with Gasteiger partial charge in [-0.25, -0.2) is 15.0 Å². The Hall–Kier alpha value is -7.41. The zero-order valence-electron chi connectivity index (χ0n) is 30.4. The first kappa shape index (κ1) is 31.9. The number of rotatable bonds is 5. The normalized spacial score (nSPS) is 11.9. The molecule has 0 bridgehead atoms. The molecule has 0 amide bonds. The van der Waals surface area contributed by atoms with E-state index in [1.807, 2.05) is 30.3 Å². The van der Waals surface area contributed by atoms with Crippen molar-refractivity contribution in [3.05, 3.63) is 182 Å². The second-order valence-electron chi connectivity index (χ2n) is 14.4. The minimum absolute atomic E-state index is 0.563. The third-order valence-corrected chi connectivity index (χ3v) is 12.2. The predicted octanol–water partition coefficient (Wildman–Crippen LogP) is 13.9. The highest BCUT2D eigenvalue weighted by Crippen LogP contribution is 2.43. The Bertz CT molecular complexity index is 3510. The Kier molecular flexibility index (Phi) is 7.03. The summed E-state index contributed by atoms with van der Waals surface area (Å²) in [5.74, 6) is 1.79. The molecule has 0 saturated heterocycles. The second kappa shape index (κ2) is 12.6. The van der Waals surface area contributed by atoms with Gasteiger partial charge in [-0.3, -0.25) is 0 Å². The maximum atomic E-state index is 6.88. The van der Waals surface area contributed by atoms with E-state index in [0.717, 1.165) is 55.3 Å². The van der Waals surface area contributed by atoms with Crippen molar-refractivity contribution >= 4 is 75.3 Å². The summed E-state index contributed by atoms with van der Waals surface area (Å²) in [6.07, 6.45) is 0. The smallest absolute Gasteiger partial charge is 0.167 e. The first-order valence-corrected chi connectivity index (χ1v) is 19.8. The van der Waals surface area contributed by atoms with Crippen molar-refractivity contribution in [2.45, 2.75) is 0 Å². The SMILES string of the molecule is c1ccc(-c2ccc(-n3c4ccccc4c4ccc5oc6c(-c7nc(-c8ccccc8)nc(-c8ccc9c(c8)sc8ccccc89)n7)cccc6c5c43)cc2)cc1. The van der Waals surface area contributed by atoms with Gasteiger partial charge in [0.05, 0.1) is 22.0 Å². The number of hydrogen-bond acceptors (Lipinski definition) is 5. The largest absolute Gasteiger partial charge is 0.455 e. The van der Waals surface area contributed by atoms with Gasteiger partial charge < -0.3 is 8.98 Å². The van der Waals surface area contributed by atoms with Crippen LogP contribution in [-0.4, -0.2) is 19.5 Å². The first-order chi connectivity index (χ1) is 28.2. The molecule has 0 aliphatic rings. The average Bonchev–Trinajstić information content (AvgIpc) is 3.96. The van der Waals surface area contributed by atoms with Gasteiger partial charge in [-0.05, 0) is 59.7 Å². The highest BCUT2D eigenvalue weighted by atomic mass is 32.1. The van der Waals surface area contributed by atoms with Gasteiger partial charge in [-0.2, -0.15) is 0 Å². The van der Waals surface area contributed by atoms with Gasteiger partial charge in [0, 0.05) is 53.1 Å². The van der Waals surface area contributed by atoms with Crippen LogP contribution in [-0.2, 0) is 0 Å². The van der Waals surface area contributed by atoms with E-state index in [4.69, 9.17) is 19.4 Å². The monoisotopic (exact) mass is 746 g/mol. The molecule has 4 aromatic heterocycles. The average molecular weight is 747 g/mol. The zero-order chi connectivity index (χ0) is 37.5. The van der Waals surface area contributed by atoms with E-state index in [9.17, 15) is 0 Å². The molecule has 12 aromatic rings. The Labute approximate surface area is 330 Å². The summed E-state index contributed by atoms with van der Waals surface area (Å²) in [5.41, 5.74) is 9.94. The van der Waals surface area contributed by atoms with E-state index in [1.165, 1.54) is 42.1 Å². The number of para-hydroxylation sites is 2. The van der Waals surface area contributed by atoms with Crippen molar-refractivity contribution in [1.82, 2.24) is 19.5 Å². The minimum atomic E-state index is 0.563. The standard InChI is InChI=1S/C51H30N4OS/c1-3-12-31(13-4-1)32-22-25-35(26-23-32)55-42-20-9-7-16-36(42)39-28-29-43-46(47(39)55)40-18-11-19-41(48(40)56-43)51-53-49(33-14-5-2-6-15-33)52-50(54-51)34-24-27-38-37-17-8-10-21-44(37)57-45(38)30-34/h1-30H. The Morgan fingerprint density at radius 2 is 1.04 bits per heavy atom. The number of benzene rings is 8. The van der Waals surface area contributed by atoms with Gasteiger partial charge in [-0.15, -0.1) is 11.3 Å². The van der Waals surface area contributed by atoms with Gasteiger partial charge >= 0.3 is 0 Å². The molecule has 6 heteroatoms. The molecule has 0 N–H and O–H groups in total. The third-order valence-electron chi connectivity index (χ3n) is 11.1. The van der Waals surface area contributed by atoms with E-state index >= 15 is 0 Å². The summed E-state index contributed by atoms with van der Waals surface area (Å²) in [5, 5.41) is 6.92. The highest BCUT2D eigenvalue weighted by molar-refractivity contribution is 7.25. The summed E-state index contributed by atoms with van der Waals surface area (Å²) in [6, 6.07) is 63.8. The topological polar surface area (TPSA) is 56.7 Å². The predicted molar refractivity (Wildman–Crippen MR) is 236 cm³/mol. The van der Waals surface area contributed by atoms with Crippen LogP contribution in [0.25, 0.3) is 115 Å². The summed E-state index contributed by atoms with van der Waals surface area (Å²) in [4.78, 5) is 15.4. The molecule has 12 rings (SSSR count). The molecule has 0 unspecified atom stereocenters.